The maximum absolute atomic E-state index is 11.3. The van der Waals surface area contributed by atoms with Gasteiger partial charge in [-0.25, -0.2) is 4.98 Å². The van der Waals surface area contributed by atoms with E-state index in [1.54, 1.807) is 7.11 Å². The van der Waals surface area contributed by atoms with Gasteiger partial charge in [-0.2, -0.15) is 5.10 Å². The van der Waals surface area contributed by atoms with Gasteiger partial charge in [0.05, 0.1) is 6.61 Å². The van der Waals surface area contributed by atoms with Crippen molar-refractivity contribution < 1.29 is 9.53 Å². The average Bonchev–Trinajstić information content (AvgIpc) is 2.67. The van der Waals surface area contributed by atoms with Gasteiger partial charge in [-0.05, 0) is 5.92 Å². The first-order chi connectivity index (χ1) is 6.74. The summed E-state index contributed by atoms with van der Waals surface area (Å²) >= 11 is 0. The topological polar surface area (TPSA) is 79.9 Å². The molecule has 1 unspecified atom stereocenters. The number of amides is 1. The third-order valence-electron chi connectivity index (χ3n) is 1.69. The minimum atomic E-state index is -0.245. The molecule has 1 rings (SSSR count). The minimum Gasteiger partial charge on any atom is -0.384 e. The summed E-state index contributed by atoms with van der Waals surface area (Å²) in [6.45, 7) is 3.17. The van der Waals surface area contributed by atoms with E-state index in [2.05, 4.69) is 20.5 Å². The summed E-state index contributed by atoms with van der Waals surface area (Å²) in [5, 5.41) is 8.79. The molecule has 6 heteroatoms. The first kappa shape index (κ1) is 10.6. The number of rotatable bonds is 5. The normalized spacial score (nSPS) is 12.4. The van der Waals surface area contributed by atoms with Crippen LogP contribution >= 0.6 is 0 Å². The predicted molar refractivity (Wildman–Crippen MR) is 49.8 cm³/mol. The van der Waals surface area contributed by atoms with Crippen molar-refractivity contribution in [3.05, 3.63) is 12.2 Å². The Morgan fingerprint density at radius 2 is 2.57 bits per heavy atom. The van der Waals surface area contributed by atoms with Gasteiger partial charge in [-0.1, -0.05) is 6.92 Å². The Morgan fingerprint density at radius 3 is 3.14 bits per heavy atom. The van der Waals surface area contributed by atoms with E-state index in [-0.39, 0.29) is 17.6 Å². The summed E-state index contributed by atoms with van der Waals surface area (Å²) in [5.74, 6) is 0.270. The Morgan fingerprint density at radius 1 is 1.79 bits per heavy atom. The highest BCUT2D eigenvalue weighted by molar-refractivity contribution is 5.90. The van der Waals surface area contributed by atoms with Gasteiger partial charge in [0.25, 0.3) is 5.91 Å². The van der Waals surface area contributed by atoms with E-state index in [1.807, 2.05) is 6.92 Å². The van der Waals surface area contributed by atoms with Crippen LogP contribution in [0.3, 0.4) is 0 Å². The second-order valence-corrected chi connectivity index (χ2v) is 3.10. The van der Waals surface area contributed by atoms with Crippen LogP contribution in [0.15, 0.2) is 6.33 Å². The highest BCUT2D eigenvalue weighted by atomic mass is 16.5. The van der Waals surface area contributed by atoms with Gasteiger partial charge in [0.1, 0.15) is 6.33 Å². The molecule has 1 amide bonds. The van der Waals surface area contributed by atoms with E-state index in [9.17, 15) is 4.79 Å². The van der Waals surface area contributed by atoms with Gasteiger partial charge >= 0.3 is 0 Å². The van der Waals surface area contributed by atoms with E-state index in [4.69, 9.17) is 4.74 Å². The lowest BCUT2D eigenvalue weighted by Crippen LogP contribution is -2.30. The van der Waals surface area contributed by atoms with Crippen LogP contribution in [0.2, 0.25) is 0 Å². The number of nitrogens with zero attached hydrogens (tertiary/aromatic N) is 2. The maximum atomic E-state index is 11.3. The minimum absolute atomic E-state index is 0.231. The number of carbonyl (C=O) groups excluding carboxylic acids is 1. The lowest BCUT2D eigenvalue weighted by Gasteiger charge is -2.09. The van der Waals surface area contributed by atoms with Gasteiger partial charge in [0.15, 0.2) is 0 Å². The van der Waals surface area contributed by atoms with E-state index >= 15 is 0 Å². The molecule has 0 aliphatic heterocycles. The molecular formula is C8H14N4O2. The molecule has 0 aliphatic rings. The monoisotopic (exact) mass is 198 g/mol. The number of hydrogen-bond donors (Lipinski definition) is 2. The molecule has 0 spiro atoms. The molecule has 6 nitrogen and oxygen atoms in total. The Bertz CT molecular complexity index is 273. The van der Waals surface area contributed by atoms with Crippen LogP contribution in [-0.2, 0) is 4.74 Å². The smallest absolute Gasteiger partial charge is 0.288 e. The van der Waals surface area contributed by atoms with Crippen LogP contribution in [0.5, 0.6) is 0 Å². The summed E-state index contributed by atoms with van der Waals surface area (Å²) in [6, 6.07) is 0. The van der Waals surface area contributed by atoms with Crippen LogP contribution in [0, 0.1) is 5.92 Å². The average molecular weight is 198 g/mol. The van der Waals surface area contributed by atoms with Crippen molar-refractivity contribution in [3.8, 4) is 0 Å². The van der Waals surface area contributed by atoms with Crippen LogP contribution in [0.1, 0.15) is 17.5 Å². The molecule has 0 saturated heterocycles. The van der Waals surface area contributed by atoms with Gasteiger partial charge in [0.2, 0.25) is 5.82 Å². The molecule has 0 fully saturated rings. The van der Waals surface area contributed by atoms with Crippen molar-refractivity contribution in [3.63, 3.8) is 0 Å². The number of methoxy groups -OCH3 is 1. The first-order valence-corrected chi connectivity index (χ1v) is 4.36. The van der Waals surface area contributed by atoms with Gasteiger partial charge in [-0.3, -0.25) is 9.89 Å². The second-order valence-electron chi connectivity index (χ2n) is 3.10. The van der Waals surface area contributed by atoms with Gasteiger partial charge in [0, 0.05) is 13.7 Å². The summed E-state index contributed by atoms with van der Waals surface area (Å²) in [4.78, 5) is 15.1. The Balaban J connectivity index is 2.28. The lowest BCUT2D eigenvalue weighted by atomic mass is 10.2. The molecule has 1 aromatic rings. The highest BCUT2D eigenvalue weighted by Gasteiger charge is 2.09. The SMILES string of the molecule is COCC(C)CNC(=O)c1ncn[nH]1. The maximum Gasteiger partial charge on any atom is 0.288 e. The fourth-order valence-corrected chi connectivity index (χ4v) is 1.01. The van der Waals surface area contributed by atoms with Gasteiger partial charge in [-0.15, -0.1) is 0 Å². The first-order valence-electron chi connectivity index (χ1n) is 4.36. The number of aromatic amines is 1. The molecule has 0 saturated carbocycles. The zero-order chi connectivity index (χ0) is 10.4. The van der Waals surface area contributed by atoms with E-state index in [1.165, 1.54) is 6.33 Å². The molecule has 0 aromatic carbocycles. The molecule has 78 valence electrons. The van der Waals surface area contributed by atoms with E-state index in [0.29, 0.717) is 13.2 Å². The Labute approximate surface area is 82.1 Å². The number of nitrogens with one attached hydrogen (secondary N) is 2. The Hall–Kier alpha value is -1.43. The molecule has 0 bridgehead atoms. The number of aromatic nitrogens is 3. The number of carbonyl (C=O) groups is 1. The van der Waals surface area contributed by atoms with Crippen molar-refractivity contribution in [1.29, 1.82) is 0 Å². The standard InChI is InChI=1S/C8H14N4O2/c1-6(4-14-2)3-9-8(13)7-10-5-11-12-7/h5-6H,3-4H2,1-2H3,(H,9,13)(H,10,11,12). The third kappa shape index (κ3) is 3.14. The van der Waals surface area contributed by atoms with Crippen LogP contribution in [0.25, 0.3) is 0 Å². The molecule has 1 aromatic heterocycles. The second kappa shape index (κ2) is 5.33. The summed E-state index contributed by atoms with van der Waals surface area (Å²) in [5.41, 5.74) is 0. The summed E-state index contributed by atoms with van der Waals surface area (Å²) < 4.78 is 4.94. The van der Waals surface area contributed by atoms with Gasteiger partial charge < -0.3 is 10.1 Å². The van der Waals surface area contributed by atoms with E-state index in [0.717, 1.165) is 0 Å². The number of hydrogen-bond acceptors (Lipinski definition) is 4. The Kier molecular flexibility index (Phi) is 4.06. The van der Waals surface area contributed by atoms with Crippen molar-refractivity contribution in [1.82, 2.24) is 20.5 Å². The van der Waals surface area contributed by atoms with Crippen molar-refractivity contribution in [2.45, 2.75) is 6.92 Å². The fraction of sp³-hybridized carbons (Fsp3) is 0.625. The van der Waals surface area contributed by atoms with Crippen LogP contribution in [-0.4, -0.2) is 41.3 Å². The molecule has 0 radical (unpaired) electrons. The summed E-state index contributed by atoms with van der Waals surface area (Å²) in [7, 11) is 1.63. The number of ether oxygens (including phenoxy) is 1. The van der Waals surface area contributed by atoms with Crippen molar-refractivity contribution in [2.75, 3.05) is 20.3 Å². The zero-order valence-electron chi connectivity index (χ0n) is 8.28. The lowest BCUT2D eigenvalue weighted by molar-refractivity contribution is 0.0924. The molecule has 1 heterocycles. The fourth-order valence-electron chi connectivity index (χ4n) is 1.01. The highest BCUT2D eigenvalue weighted by Crippen LogP contribution is 1.93. The quantitative estimate of drug-likeness (QED) is 0.687. The van der Waals surface area contributed by atoms with Crippen LogP contribution < -0.4 is 5.32 Å². The molecule has 0 aliphatic carbocycles. The predicted octanol–water partition coefficient (Wildman–Crippen LogP) is -0.183. The third-order valence-corrected chi connectivity index (χ3v) is 1.69. The summed E-state index contributed by atoms with van der Waals surface area (Å²) in [6.07, 6.45) is 1.30. The molecule has 14 heavy (non-hydrogen) atoms. The molecule has 2 N–H and O–H groups in total. The zero-order valence-corrected chi connectivity index (χ0v) is 8.28. The van der Waals surface area contributed by atoms with Crippen LogP contribution in [0.4, 0.5) is 0 Å². The number of H-pyrrole nitrogens is 1. The largest absolute Gasteiger partial charge is 0.384 e. The van der Waals surface area contributed by atoms with Crippen molar-refractivity contribution in [2.24, 2.45) is 5.92 Å². The van der Waals surface area contributed by atoms with E-state index < -0.39 is 0 Å². The molecule has 1 atom stereocenters. The van der Waals surface area contributed by atoms with Crippen molar-refractivity contribution >= 4 is 5.91 Å². The molecular weight excluding hydrogens is 184 g/mol.